The van der Waals surface area contributed by atoms with Crippen LogP contribution < -0.4 is 5.32 Å². The Morgan fingerprint density at radius 1 is 1.14 bits per heavy atom. The van der Waals surface area contributed by atoms with Crippen LogP contribution in [0.1, 0.15) is 29.4 Å². The summed E-state index contributed by atoms with van der Waals surface area (Å²) in [5, 5.41) is 14.2. The van der Waals surface area contributed by atoms with E-state index in [0.29, 0.717) is 44.7 Å². The number of nitrogens with one attached hydrogen (secondary N) is 1. The van der Waals surface area contributed by atoms with Crippen LogP contribution >= 0.6 is 11.6 Å². The molecule has 0 bridgehead atoms. The average Bonchev–Trinajstić information content (AvgIpc) is 3.31. The van der Waals surface area contributed by atoms with E-state index < -0.39 is 27.1 Å². The molecule has 6 nitrogen and oxygen atoms in total. The van der Waals surface area contributed by atoms with Crippen molar-refractivity contribution in [3.8, 4) is 22.9 Å². The smallest absolute Gasteiger partial charge is 0.251 e. The molecule has 0 aliphatic carbocycles. The lowest BCUT2D eigenvalue weighted by atomic mass is 9.99. The van der Waals surface area contributed by atoms with Gasteiger partial charge in [-0.1, -0.05) is 35.9 Å². The largest absolute Gasteiger partial charge is 0.346 e. The number of benzene rings is 3. The van der Waals surface area contributed by atoms with E-state index in [1.54, 1.807) is 54.0 Å². The predicted molar refractivity (Wildman–Crippen MR) is 138 cm³/mol. The molecule has 0 saturated carbocycles. The Kier molecular flexibility index (Phi) is 5.86. The number of sulfone groups is 1. The molecule has 1 aromatic heterocycles. The van der Waals surface area contributed by atoms with Gasteiger partial charge in [-0.3, -0.25) is 4.79 Å². The third kappa shape index (κ3) is 4.25. The lowest BCUT2D eigenvalue weighted by Gasteiger charge is -2.24. The van der Waals surface area contributed by atoms with Crippen LogP contribution in [0.2, 0.25) is 5.02 Å². The van der Waals surface area contributed by atoms with Crippen LogP contribution in [-0.4, -0.2) is 35.9 Å². The number of hydrogen-bond acceptors (Lipinski definition) is 4. The highest BCUT2D eigenvalue weighted by molar-refractivity contribution is 7.91. The summed E-state index contributed by atoms with van der Waals surface area (Å²) in [5.41, 5.74) is 2.10. The van der Waals surface area contributed by atoms with Crippen LogP contribution in [0.3, 0.4) is 0 Å². The van der Waals surface area contributed by atoms with Gasteiger partial charge in [-0.15, -0.1) is 0 Å². The van der Waals surface area contributed by atoms with Gasteiger partial charge < -0.3 is 9.88 Å². The van der Waals surface area contributed by atoms with Crippen molar-refractivity contribution >= 4 is 38.2 Å². The van der Waals surface area contributed by atoms with Crippen LogP contribution in [0.25, 0.3) is 27.7 Å². The van der Waals surface area contributed by atoms with Gasteiger partial charge in [0.05, 0.1) is 22.6 Å². The molecule has 9 heteroatoms. The number of nitriles is 1. The van der Waals surface area contributed by atoms with E-state index in [1.165, 1.54) is 12.1 Å². The van der Waals surface area contributed by atoms with Crippen molar-refractivity contribution in [2.45, 2.75) is 18.9 Å². The number of rotatable bonds is 4. The number of aromatic nitrogens is 1. The quantitative estimate of drug-likeness (QED) is 0.396. The van der Waals surface area contributed by atoms with Gasteiger partial charge in [-0.05, 0) is 55.8 Å². The Bertz CT molecular complexity index is 1670. The maximum absolute atomic E-state index is 13.7. The Morgan fingerprint density at radius 2 is 1.86 bits per heavy atom. The number of fused-ring (bicyclic) bond motifs is 1. The normalized spacial score (nSPS) is 18.7. The molecule has 1 atom stereocenters. The lowest BCUT2D eigenvalue weighted by Crippen LogP contribution is -2.46. The van der Waals surface area contributed by atoms with Crippen molar-refractivity contribution in [1.82, 2.24) is 9.88 Å². The fourth-order valence-corrected chi connectivity index (χ4v) is 7.11. The SMILES string of the molecule is C[C@]1(NC(=O)c2ccc3c(-c4ccccc4Cl)c(C#N)n(-c4ccc(F)cc4)c3c2)CCS(=O)(=O)C1. The van der Waals surface area contributed by atoms with Gasteiger partial charge in [-0.2, -0.15) is 5.26 Å². The van der Waals surface area contributed by atoms with Crippen molar-refractivity contribution in [3.05, 3.63) is 88.8 Å². The summed E-state index contributed by atoms with van der Waals surface area (Å²) in [6.45, 7) is 1.72. The van der Waals surface area contributed by atoms with Crippen LogP contribution in [0.15, 0.2) is 66.7 Å². The standard InChI is InChI=1S/C27H21ClFN3O3S/c1-27(12-13-36(34,35)16-27)31-26(33)17-6-11-21-23(14-17)32(19-9-7-18(29)8-10-19)24(15-30)25(21)20-4-2-3-5-22(20)28/h2-11,14H,12-13,16H2,1H3,(H,31,33)/t27-/m0/s1. The second kappa shape index (κ2) is 8.77. The molecule has 1 saturated heterocycles. The first-order valence-electron chi connectivity index (χ1n) is 11.2. The van der Waals surface area contributed by atoms with Gasteiger partial charge in [0.2, 0.25) is 0 Å². The molecule has 3 aromatic carbocycles. The molecular weight excluding hydrogens is 501 g/mol. The van der Waals surface area contributed by atoms with E-state index in [4.69, 9.17) is 11.6 Å². The van der Waals surface area contributed by atoms with Crippen LogP contribution in [0.5, 0.6) is 0 Å². The maximum atomic E-state index is 13.7. The van der Waals surface area contributed by atoms with E-state index in [1.807, 2.05) is 12.1 Å². The first kappa shape index (κ1) is 24.0. The molecule has 2 heterocycles. The van der Waals surface area contributed by atoms with Crippen LogP contribution in [0, 0.1) is 17.1 Å². The molecule has 4 aromatic rings. The molecule has 0 unspecified atom stereocenters. The van der Waals surface area contributed by atoms with Crippen molar-refractivity contribution in [2.75, 3.05) is 11.5 Å². The predicted octanol–water partition coefficient (Wildman–Crippen LogP) is 5.27. The third-order valence-corrected chi connectivity index (χ3v) is 8.72. The number of carbonyl (C=O) groups is 1. The highest BCUT2D eigenvalue weighted by Crippen LogP contribution is 2.40. The minimum atomic E-state index is -3.20. The summed E-state index contributed by atoms with van der Waals surface area (Å²) in [6.07, 6.45) is 0.338. The molecule has 1 aliphatic heterocycles. The van der Waals surface area contributed by atoms with Crippen LogP contribution in [-0.2, 0) is 9.84 Å². The Balaban J connectivity index is 1.70. The van der Waals surface area contributed by atoms with Gasteiger partial charge in [0.1, 0.15) is 17.6 Å². The number of nitrogens with zero attached hydrogens (tertiary/aromatic N) is 2. The fourth-order valence-electron chi connectivity index (χ4n) is 4.79. The van der Waals surface area contributed by atoms with Crippen molar-refractivity contribution in [3.63, 3.8) is 0 Å². The van der Waals surface area contributed by atoms with E-state index in [-0.39, 0.29) is 17.2 Å². The Morgan fingerprint density at radius 3 is 2.50 bits per heavy atom. The molecule has 0 spiro atoms. The zero-order valence-electron chi connectivity index (χ0n) is 19.3. The average molecular weight is 522 g/mol. The van der Waals surface area contributed by atoms with Gasteiger partial charge in [-0.25, -0.2) is 12.8 Å². The maximum Gasteiger partial charge on any atom is 0.251 e. The Labute approximate surface area is 212 Å². The summed E-state index contributed by atoms with van der Waals surface area (Å²) in [7, 11) is -3.20. The van der Waals surface area contributed by atoms with Gasteiger partial charge >= 0.3 is 0 Å². The number of amides is 1. The summed E-state index contributed by atoms with van der Waals surface area (Å²) in [6, 6.07) is 20.2. The van der Waals surface area contributed by atoms with E-state index >= 15 is 0 Å². The van der Waals surface area contributed by atoms with E-state index in [0.717, 1.165) is 0 Å². The topological polar surface area (TPSA) is 92.0 Å². The zero-order chi connectivity index (χ0) is 25.7. The minimum absolute atomic E-state index is 0.0307. The van der Waals surface area contributed by atoms with Gasteiger partial charge in [0, 0.05) is 32.8 Å². The second-order valence-corrected chi connectivity index (χ2v) is 11.8. The second-order valence-electron chi connectivity index (χ2n) is 9.22. The third-order valence-electron chi connectivity index (χ3n) is 6.48. The number of hydrogen-bond donors (Lipinski definition) is 1. The Hall–Kier alpha value is -3.67. The van der Waals surface area contributed by atoms with Crippen molar-refractivity contribution in [1.29, 1.82) is 5.26 Å². The summed E-state index contributed by atoms with van der Waals surface area (Å²) >= 11 is 6.50. The van der Waals surface area contributed by atoms with E-state index in [9.17, 15) is 22.9 Å². The summed E-state index contributed by atoms with van der Waals surface area (Å²) in [4.78, 5) is 13.2. The molecule has 1 amide bonds. The lowest BCUT2D eigenvalue weighted by molar-refractivity contribution is 0.0915. The van der Waals surface area contributed by atoms with Crippen molar-refractivity contribution < 1.29 is 17.6 Å². The van der Waals surface area contributed by atoms with Crippen LogP contribution in [0.4, 0.5) is 4.39 Å². The first-order chi connectivity index (χ1) is 17.1. The molecule has 5 rings (SSSR count). The number of carbonyl (C=O) groups excluding carboxylic acids is 1. The zero-order valence-corrected chi connectivity index (χ0v) is 20.8. The molecule has 1 N–H and O–H groups in total. The molecule has 36 heavy (non-hydrogen) atoms. The summed E-state index contributed by atoms with van der Waals surface area (Å²) in [5.74, 6) is -0.918. The molecular formula is C27H21ClFN3O3S. The minimum Gasteiger partial charge on any atom is -0.346 e. The molecule has 1 aliphatic rings. The highest BCUT2D eigenvalue weighted by Gasteiger charge is 2.39. The molecule has 1 fully saturated rings. The highest BCUT2D eigenvalue weighted by atomic mass is 35.5. The monoisotopic (exact) mass is 521 g/mol. The van der Waals surface area contributed by atoms with Gasteiger partial charge in [0.15, 0.2) is 9.84 Å². The molecule has 0 radical (unpaired) electrons. The van der Waals surface area contributed by atoms with Crippen molar-refractivity contribution in [2.24, 2.45) is 0 Å². The first-order valence-corrected chi connectivity index (χ1v) is 13.4. The number of halogens is 2. The fraction of sp³-hybridized carbons (Fsp3) is 0.185. The van der Waals surface area contributed by atoms with E-state index in [2.05, 4.69) is 11.4 Å². The summed E-state index contributed by atoms with van der Waals surface area (Å²) < 4.78 is 39.3. The van der Waals surface area contributed by atoms with Gasteiger partial charge in [0.25, 0.3) is 5.91 Å². The molecule has 182 valence electrons.